The molecule has 0 atom stereocenters. The Kier molecular flexibility index (Phi) is 4.62. The third kappa shape index (κ3) is 3.69. The van der Waals surface area contributed by atoms with Crippen LogP contribution in [0.2, 0.25) is 0 Å². The largest absolute Gasteiger partial charge is 0.264 e. The van der Waals surface area contributed by atoms with Gasteiger partial charge >= 0.3 is 0 Å². The molecule has 4 aromatic rings. The fraction of sp³-hybridized carbons (Fsp3) is 0.0500. The number of fused-ring (bicyclic) bond motifs is 1. The van der Waals surface area contributed by atoms with Crippen LogP contribution in [0.4, 0.5) is 0 Å². The van der Waals surface area contributed by atoms with Crippen molar-refractivity contribution in [2.75, 3.05) is 0 Å². The molecule has 27 heavy (non-hydrogen) atoms. The first-order valence-electron chi connectivity index (χ1n) is 8.32. The zero-order valence-electron chi connectivity index (χ0n) is 14.3. The molecule has 7 heteroatoms. The summed E-state index contributed by atoms with van der Waals surface area (Å²) < 4.78 is 28.1. The van der Waals surface area contributed by atoms with Crippen molar-refractivity contribution >= 4 is 20.9 Å². The Hall–Kier alpha value is -3.16. The van der Waals surface area contributed by atoms with Gasteiger partial charge in [0.25, 0.3) is 0 Å². The number of sulfonamides is 1. The summed E-state index contributed by atoms with van der Waals surface area (Å²) in [6, 6.07) is 16.2. The molecule has 1 aromatic carbocycles. The van der Waals surface area contributed by atoms with Gasteiger partial charge in [-0.1, -0.05) is 24.3 Å². The van der Waals surface area contributed by atoms with Gasteiger partial charge in [0.05, 0.1) is 11.2 Å². The number of aromatic nitrogens is 3. The van der Waals surface area contributed by atoms with Crippen LogP contribution < -0.4 is 4.72 Å². The average molecular weight is 376 g/mol. The minimum absolute atomic E-state index is 0.145. The third-order valence-electron chi connectivity index (χ3n) is 4.13. The van der Waals surface area contributed by atoms with Crippen molar-refractivity contribution in [3.8, 4) is 11.3 Å². The van der Waals surface area contributed by atoms with Gasteiger partial charge in [-0.25, -0.2) is 13.1 Å². The van der Waals surface area contributed by atoms with Crippen molar-refractivity contribution in [3.05, 3.63) is 84.9 Å². The molecule has 4 rings (SSSR count). The summed E-state index contributed by atoms with van der Waals surface area (Å²) in [6.45, 7) is 0.145. The molecule has 0 aliphatic carbocycles. The summed E-state index contributed by atoms with van der Waals surface area (Å²) in [5.74, 6) is 0. The van der Waals surface area contributed by atoms with Crippen LogP contribution in [0.1, 0.15) is 5.56 Å². The Labute approximate surface area is 157 Å². The quantitative estimate of drug-likeness (QED) is 0.578. The summed E-state index contributed by atoms with van der Waals surface area (Å²) in [5.41, 5.74) is 2.91. The van der Waals surface area contributed by atoms with Gasteiger partial charge in [0.1, 0.15) is 4.90 Å². The molecular weight excluding hydrogens is 360 g/mol. The average Bonchev–Trinajstić information content (AvgIpc) is 2.73. The smallest absolute Gasteiger partial charge is 0.243 e. The highest BCUT2D eigenvalue weighted by Crippen LogP contribution is 2.21. The Balaban J connectivity index is 1.54. The zero-order valence-corrected chi connectivity index (χ0v) is 15.1. The van der Waals surface area contributed by atoms with Crippen LogP contribution in [0, 0.1) is 0 Å². The zero-order chi connectivity index (χ0) is 18.7. The van der Waals surface area contributed by atoms with E-state index in [0.717, 1.165) is 22.2 Å². The first kappa shape index (κ1) is 17.3. The molecule has 1 N–H and O–H groups in total. The van der Waals surface area contributed by atoms with Crippen molar-refractivity contribution in [1.29, 1.82) is 0 Å². The van der Waals surface area contributed by atoms with Crippen molar-refractivity contribution in [1.82, 2.24) is 19.7 Å². The van der Waals surface area contributed by atoms with Crippen LogP contribution >= 0.6 is 0 Å². The summed E-state index contributed by atoms with van der Waals surface area (Å²) in [4.78, 5) is 12.8. The van der Waals surface area contributed by atoms with E-state index in [4.69, 9.17) is 0 Å². The lowest BCUT2D eigenvalue weighted by Crippen LogP contribution is -2.23. The number of benzene rings is 1. The minimum Gasteiger partial charge on any atom is -0.264 e. The van der Waals surface area contributed by atoms with E-state index in [0.29, 0.717) is 5.52 Å². The standard InChI is InChI=1S/C20H16N4O2S/c25-27(26,19-7-1-4-16-5-3-11-22-20(16)19)24-13-15-8-9-18(23-12-15)17-6-2-10-21-14-17/h1-12,14,24H,13H2. The molecule has 0 spiro atoms. The maximum Gasteiger partial charge on any atom is 0.243 e. The topological polar surface area (TPSA) is 84.8 Å². The van der Waals surface area contributed by atoms with Crippen molar-refractivity contribution in [3.63, 3.8) is 0 Å². The van der Waals surface area contributed by atoms with E-state index in [1.165, 1.54) is 0 Å². The highest BCUT2D eigenvalue weighted by Gasteiger charge is 2.17. The number of hydrogen-bond acceptors (Lipinski definition) is 5. The van der Waals surface area contributed by atoms with Crippen LogP contribution in [0.3, 0.4) is 0 Å². The van der Waals surface area contributed by atoms with Crippen molar-refractivity contribution < 1.29 is 8.42 Å². The first-order valence-corrected chi connectivity index (χ1v) is 9.80. The molecule has 134 valence electrons. The normalized spacial score (nSPS) is 11.6. The van der Waals surface area contributed by atoms with Crippen LogP contribution in [-0.2, 0) is 16.6 Å². The van der Waals surface area contributed by atoms with Gasteiger partial charge in [0.2, 0.25) is 10.0 Å². The number of pyridine rings is 3. The highest BCUT2D eigenvalue weighted by atomic mass is 32.2. The molecule has 0 amide bonds. The molecule has 0 unspecified atom stereocenters. The summed E-state index contributed by atoms with van der Waals surface area (Å²) in [6.07, 6.45) is 6.68. The predicted octanol–water partition coefficient (Wildman–Crippen LogP) is 3.17. The summed E-state index contributed by atoms with van der Waals surface area (Å²) in [7, 11) is -3.70. The lowest BCUT2D eigenvalue weighted by Gasteiger charge is -2.09. The van der Waals surface area contributed by atoms with Crippen LogP contribution in [0.15, 0.2) is 84.3 Å². The van der Waals surface area contributed by atoms with Gasteiger partial charge in [-0.15, -0.1) is 0 Å². The SMILES string of the molecule is O=S(=O)(NCc1ccc(-c2cccnc2)nc1)c1cccc2cccnc12. The van der Waals surface area contributed by atoms with Gasteiger partial charge in [-0.3, -0.25) is 15.0 Å². The Morgan fingerprint density at radius 2 is 1.70 bits per heavy atom. The van der Waals surface area contributed by atoms with E-state index >= 15 is 0 Å². The fourth-order valence-electron chi connectivity index (χ4n) is 2.76. The second kappa shape index (κ2) is 7.22. The molecule has 0 aliphatic rings. The predicted molar refractivity (Wildman–Crippen MR) is 103 cm³/mol. The van der Waals surface area contributed by atoms with E-state index in [2.05, 4.69) is 19.7 Å². The van der Waals surface area contributed by atoms with Gasteiger partial charge < -0.3 is 0 Å². The molecule has 3 aromatic heterocycles. The maximum atomic E-state index is 12.7. The lowest BCUT2D eigenvalue weighted by atomic mass is 10.1. The van der Waals surface area contributed by atoms with Gasteiger partial charge in [-0.05, 0) is 35.9 Å². The summed E-state index contributed by atoms with van der Waals surface area (Å²) >= 11 is 0. The van der Waals surface area contributed by atoms with E-state index in [-0.39, 0.29) is 11.4 Å². The Bertz CT molecular complexity index is 1170. The summed E-state index contributed by atoms with van der Waals surface area (Å²) in [5, 5.41) is 0.780. The van der Waals surface area contributed by atoms with Crippen LogP contribution in [0.5, 0.6) is 0 Å². The van der Waals surface area contributed by atoms with Gasteiger partial charge in [0.15, 0.2) is 0 Å². The second-order valence-corrected chi connectivity index (χ2v) is 7.68. The number of para-hydroxylation sites is 1. The van der Waals surface area contributed by atoms with Crippen molar-refractivity contribution in [2.24, 2.45) is 0 Å². The molecule has 6 nitrogen and oxygen atoms in total. The van der Waals surface area contributed by atoms with Crippen LogP contribution in [-0.4, -0.2) is 23.4 Å². The van der Waals surface area contributed by atoms with E-state index in [9.17, 15) is 8.42 Å². The van der Waals surface area contributed by atoms with Gasteiger partial charge in [-0.2, -0.15) is 0 Å². The minimum atomic E-state index is -3.70. The first-order chi connectivity index (χ1) is 13.1. The Morgan fingerprint density at radius 1 is 0.852 bits per heavy atom. The van der Waals surface area contributed by atoms with E-state index < -0.39 is 10.0 Å². The second-order valence-electron chi connectivity index (χ2n) is 5.95. The maximum absolute atomic E-state index is 12.7. The Morgan fingerprint density at radius 3 is 2.48 bits per heavy atom. The monoisotopic (exact) mass is 376 g/mol. The highest BCUT2D eigenvalue weighted by molar-refractivity contribution is 7.89. The molecule has 3 heterocycles. The molecule has 0 saturated carbocycles. The lowest BCUT2D eigenvalue weighted by molar-refractivity contribution is 0.582. The van der Waals surface area contributed by atoms with Gasteiger partial charge in [0, 0.05) is 42.3 Å². The van der Waals surface area contributed by atoms with Crippen molar-refractivity contribution in [2.45, 2.75) is 11.4 Å². The molecule has 0 aliphatic heterocycles. The van der Waals surface area contributed by atoms with Crippen LogP contribution in [0.25, 0.3) is 22.2 Å². The third-order valence-corrected chi connectivity index (χ3v) is 5.57. The molecular formula is C20H16N4O2S. The molecule has 0 saturated heterocycles. The number of hydrogen-bond donors (Lipinski definition) is 1. The fourth-order valence-corrected chi connectivity index (χ4v) is 3.96. The number of nitrogens with zero attached hydrogens (tertiary/aromatic N) is 3. The molecule has 0 radical (unpaired) electrons. The molecule has 0 bridgehead atoms. The number of rotatable bonds is 5. The van der Waals surface area contributed by atoms with E-state index in [1.807, 2.05) is 36.4 Å². The molecule has 0 fully saturated rings. The number of nitrogens with one attached hydrogen (secondary N) is 1. The van der Waals surface area contributed by atoms with E-state index in [1.54, 1.807) is 43.0 Å².